The summed E-state index contributed by atoms with van der Waals surface area (Å²) in [6.07, 6.45) is 1.68. The predicted octanol–water partition coefficient (Wildman–Crippen LogP) is 1.54. The predicted molar refractivity (Wildman–Crippen MR) is 103 cm³/mol. The largest absolute Gasteiger partial charge is 0.336 e. The standard InChI is InChI=1S/C19H26N6O2/c1-14-22-16-4-2-3-5-17(16)24(14)12-8-20-18(26)23-10-6-15(7-11-23)25-13-9-21-19(25)27/h2-5,15H,6-13H2,1H3,(H,20,26)(H,21,27). The Morgan fingerprint density at radius 3 is 2.78 bits per heavy atom. The van der Waals surface area contributed by atoms with Crippen molar-refractivity contribution in [2.24, 2.45) is 0 Å². The number of piperidine rings is 1. The lowest BCUT2D eigenvalue weighted by molar-refractivity contribution is 0.141. The number of hydrogen-bond donors (Lipinski definition) is 2. The number of aromatic nitrogens is 2. The smallest absolute Gasteiger partial charge is 0.317 e. The average Bonchev–Trinajstić information content (AvgIpc) is 3.25. The molecule has 2 saturated heterocycles. The normalized spacial score (nSPS) is 18.2. The van der Waals surface area contributed by atoms with Crippen LogP contribution < -0.4 is 10.6 Å². The number of benzene rings is 1. The van der Waals surface area contributed by atoms with E-state index in [0.717, 1.165) is 42.8 Å². The summed E-state index contributed by atoms with van der Waals surface area (Å²) in [6.45, 7) is 6.12. The van der Waals surface area contributed by atoms with Gasteiger partial charge in [-0.25, -0.2) is 14.6 Å². The van der Waals surface area contributed by atoms with Crippen LogP contribution in [0.5, 0.6) is 0 Å². The van der Waals surface area contributed by atoms with Gasteiger partial charge in [-0.05, 0) is 31.9 Å². The molecule has 2 aromatic rings. The van der Waals surface area contributed by atoms with Crippen molar-refractivity contribution in [3.05, 3.63) is 30.1 Å². The number of carbonyl (C=O) groups is 2. The van der Waals surface area contributed by atoms with Gasteiger partial charge in [0.1, 0.15) is 5.82 Å². The number of urea groups is 2. The minimum absolute atomic E-state index is 0.0265. The number of nitrogens with zero attached hydrogens (tertiary/aromatic N) is 4. The third-order valence-corrected chi connectivity index (χ3v) is 5.54. The number of nitrogens with one attached hydrogen (secondary N) is 2. The van der Waals surface area contributed by atoms with Crippen LogP contribution in [0.3, 0.4) is 0 Å². The number of rotatable bonds is 4. The van der Waals surface area contributed by atoms with Gasteiger partial charge in [0.25, 0.3) is 0 Å². The second-order valence-electron chi connectivity index (χ2n) is 7.17. The van der Waals surface area contributed by atoms with E-state index in [4.69, 9.17) is 0 Å². The molecule has 0 saturated carbocycles. The first-order valence-electron chi connectivity index (χ1n) is 9.62. The molecule has 1 aromatic heterocycles. The summed E-state index contributed by atoms with van der Waals surface area (Å²) < 4.78 is 2.13. The molecule has 27 heavy (non-hydrogen) atoms. The van der Waals surface area contributed by atoms with Crippen LogP contribution in [0.4, 0.5) is 9.59 Å². The van der Waals surface area contributed by atoms with E-state index >= 15 is 0 Å². The highest BCUT2D eigenvalue weighted by molar-refractivity contribution is 5.77. The van der Waals surface area contributed by atoms with Gasteiger partial charge in [0.15, 0.2) is 0 Å². The molecule has 144 valence electrons. The van der Waals surface area contributed by atoms with Crippen LogP contribution >= 0.6 is 0 Å². The molecule has 2 N–H and O–H groups in total. The molecule has 2 fully saturated rings. The number of fused-ring (bicyclic) bond motifs is 1. The van der Waals surface area contributed by atoms with Gasteiger partial charge in [-0.1, -0.05) is 12.1 Å². The fourth-order valence-electron chi connectivity index (χ4n) is 4.08. The first-order chi connectivity index (χ1) is 13.1. The second-order valence-corrected chi connectivity index (χ2v) is 7.17. The summed E-state index contributed by atoms with van der Waals surface area (Å²) in [4.78, 5) is 32.6. The maximum Gasteiger partial charge on any atom is 0.317 e. The molecule has 0 bridgehead atoms. The maximum atomic E-state index is 12.5. The zero-order chi connectivity index (χ0) is 18.8. The molecule has 8 heteroatoms. The van der Waals surface area contributed by atoms with Gasteiger partial charge in [0.2, 0.25) is 0 Å². The fourth-order valence-corrected chi connectivity index (χ4v) is 4.08. The zero-order valence-electron chi connectivity index (χ0n) is 15.6. The monoisotopic (exact) mass is 370 g/mol. The van der Waals surface area contributed by atoms with Gasteiger partial charge in [-0.3, -0.25) is 0 Å². The lowest BCUT2D eigenvalue weighted by atomic mass is 10.0. The molecule has 4 rings (SSSR count). The van der Waals surface area contributed by atoms with Crippen molar-refractivity contribution < 1.29 is 9.59 Å². The van der Waals surface area contributed by atoms with Gasteiger partial charge in [0, 0.05) is 45.3 Å². The summed E-state index contributed by atoms with van der Waals surface area (Å²) in [7, 11) is 0. The Labute approximate surface area is 158 Å². The molecular weight excluding hydrogens is 344 g/mol. The van der Waals surface area contributed by atoms with Crippen LogP contribution in [0.25, 0.3) is 11.0 Å². The summed E-state index contributed by atoms with van der Waals surface area (Å²) in [5.41, 5.74) is 2.07. The van der Waals surface area contributed by atoms with Crippen molar-refractivity contribution in [3.8, 4) is 0 Å². The van der Waals surface area contributed by atoms with Crippen LogP contribution in [0, 0.1) is 6.92 Å². The van der Waals surface area contributed by atoms with Crippen molar-refractivity contribution in [2.75, 3.05) is 32.7 Å². The third kappa shape index (κ3) is 3.56. The molecule has 3 heterocycles. The Hall–Kier alpha value is -2.77. The van der Waals surface area contributed by atoms with Gasteiger partial charge in [-0.15, -0.1) is 0 Å². The fraction of sp³-hybridized carbons (Fsp3) is 0.526. The number of hydrogen-bond acceptors (Lipinski definition) is 3. The van der Waals surface area contributed by atoms with Crippen LogP contribution in [0.2, 0.25) is 0 Å². The van der Waals surface area contributed by atoms with Crippen molar-refractivity contribution in [2.45, 2.75) is 32.4 Å². The van der Waals surface area contributed by atoms with Crippen LogP contribution in [-0.2, 0) is 6.54 Å². The molecule has 2 aliphatic heterocycles. The summed E-state index contributed by atoms with van der Waals surface area (Å²) in [5, 5.41) is 5.87. The lowest BCUT2D eigenvalue weighted by Gasteiger charge is -2.36. The Kier molecular flexibility index (Phi) is 4.87. The summed E-state index contributed by atoms with van der Waals surface area (Å²) >= 11 is 0. The summed E-state index contributed by atoms with van der Waals surface area (Å²) in [6, 6.07) is 8.29. The van der Waals surface area contributed by atoms with Gasteiger partial charge >= 0.3 is 12.1 Å². The number of aryl methyl sites for hydroxylation is 1. The highest BCUT2D eigenvalue weighted by atomic mass is 16.2. The Morgan fingerprint density at radius 2 is 2.04 bits per heavy atom. The quantitative estimate of drug-likeness (QED) is 0.857. The zero-order valence-corrected chi connectivity index (χ0v) is 15.6. The number of imidazole rings is 1. The number of para-hydroxylation sites is 2. The molecule has 8 nitrogen and oxygen atoms in total. The van der Waals surface area contributed by atoms with E-state index in [1.165, 1.54) is 0 Å². The highest BCUT2D eigenvalue weighted by Gasteiger charge is 2.31. The molecular formula is C19H26N6O2. The van der Waals surface area contributed by atoms with E-state index < -0.39 is 0 Å². The van der Waals surface area contributed by atoms with Crippen LogP contribution in [0.1, 0.15) is 18.7 Å². The molecule has 0 radical (unpaired) electrons. The molecule has 0 aliphatic carbocycles. The Bertz CT molecular complexity index is 840. The molecule has 4 amide bonds. The number of likely N-dealkylation sites (tertiary alicyclic amines) is 1. The van der Waals surface area contributed by atoms with Crippen molar-refractivity contribution in [1.82, 2.24) is 30.0 Å². The first-order valence-corrected chi connectivity index (χ1v) is 9.62. The van der Waals surface area contributed by atoms with Crippen molar-refractivity contribution in [3.63, 3.8) is 0 Å². The van der Waals surface area contributed by atoms with Crippen molar-refractivity contribution in [1.29, 1.82) is 0 Å². The molecule has 2 aliphatic rings. The number of amides is 4. The highest BCUT2D eigenvalue weighted by Crippen LogP contribution is 2.18. The molecule has 0 unspecified atom stereocenters. The first kappa shape index (κ1) is 17.6. The van der Waals surface area contributed by atoms with Gasteiger partial charge < -0.3 is 25.0 Å². The topological polar surface area (TPSA) is 82.5 Å². The van der Waals surface area contributed by atoms with E-state index in [9.17, 15) is 9.59 Å². The van der Waals surface area contributed by atoms with E-state index in [1.807, 2.05) is 34.9 Å². The van der Waals surface area contributed by atoms with E-state index in [0.29, 0.717) is 26.2 Å². The number of carbonyl (C=O) groups excluding carboxylic acids is 2. The summed E-state index contributed by atoms with van der Waals surface area (Å²) in [5.74, 6) is 0.954. The third-order valence-electron chi connectivity index (χ3n) is 5.54. The molecule has 0 atom stereocenters. The maximum absolute atomic E-state index is 12.5. The van der Waals surface area contributed by atoms with E-state index in [1.54, 1.807) is 0 Å². The van der Waals surface area contributed by atoms with Gasteiger partial charge in [-0.2, -0.15) is 0 Å². The minimum Gasteiger partial charge on any atom is -0.336 e. The average molecular weight is 370 g/mol. The second kappa shape index (κ2) is 7.46. The Morgan fingerprint density at radius 1 is 1.26 bits per heavy atom. The van der Waals surface area contributed by atoms with E-state index in [2.05, 4.69) is 26.3 Å². The van der Waals surface area contributed by atoms with E-state index in [-0.39, 0.29) is 18.1 Å². The van der Waals surface area contributed by atoms with Gasteiger partial charge in [0.05, 0.1) is 11.0 Å². The molecule has 1 aromatic carbocycles. The minimum atomic E-state index is -0.0265. The van der Waals surface area contributed by atoms with Crippen LogP contribution in [-0.4, -0.2) is 70.2 Å². The Balaban J connectivity index is 1.26. The van der Waals surface area contributed by atoms with Crippen LogP contribution in [0.15, 0.2) is 24.3 Å². The molecule has 0 spiro atoms. The lowest BCUT2D eigenvalue weighted by Crippen LogP contribution is -2.50. The van der Waals surface area contributed by atoms with Crippen molar-refractivity contribution >= 4 is 23.1 Å². The SMILES string of the molecule is Cc1nc2ccccc2n1CCNC(=O)N1CCC(N2CCNC2=O)CC1.